The molecule has 0 aliphatic rings. The fourth-order valence-corrected chi connectivity index (χ4v) is 4.78. The van der Waals surface area contributed by atoms with E-state index in [2.05, 4.69) is 52.6 Å². The predicted molar refractivity (Wildman–Crippen MR) is 138 cm³/mol. The van der Waals surface area contributed by atoms with E-state index in [1.165, 1.54) is 10.3 Å². The smallest absolute Gasteiger partial charge is 0.191 e. The molecule has 8 nitrogen and oxygen atoms in total. The largest absolute Gasteiger partial charge is 0.493 e. The Hall–Kier alpha value is -3.17. The average molecular weight is 481 g/mol. The molecule has 0 bridgehead atoms. The molecule has 0 radical (unpaired) electrons. The van der Waals surface area contributed by atoms with Gasteiger partial charge in [-0.1, -0.05) is 36.5 Å². The SMILES string of the molecule is CCCNCCn1cc(CN(c2ccc(OC)c(OC)c2)c2nc3ccc(CC)cc3s2)nn1. The molecule has 2 aromatic carbocycles. The van der Waals surface area contributed by atoms with E-state index in [1.807, 2.05) is 29.1 Å². The first-order valence-corrected chi connectivity index (χ1v) is 12.5. The molecule has 0 unspecified atom stereocenters. The fourth-order valence-electron chi connectivity index (χ4n) is 3.73. The summed E-state index contributed by atoms with van der Waals surface area (Å²) in [6.45, 7) is 7.52. The van der Waals surface area contributed by atoms with Gasteiger partial charge in [0.15, 0.2) is 16.6 Å². The van der Waals surface area contributed by atoms with E-state index in [0.717, 1.165) is 54.5 Å². The molecule has 0 atom stereocenters. The van der Waals surface area contributed by atoms with Gasteiger partial charge < -0.3 is 19.7 Å². The Kier molecular flexibility index (Phi) is 7.97. The molecule has 2 aromatic heterocycles. The van der Waals surface area contributed by atoms with Crippen LogP contribution in [0.5, 0.6) is 11.5 Å². The highest BCUT2D eigenvalue weighted by atomic mass is 32.1. The number of ether oxygens (including phenoxy) is 2. The lowest BCUT2D eigenvalue weighted by Gasteiger charge is -2.22. The van der Waals surface area contributed by atoms with Crippen LogP contribution in [0, 0.1) is 0 Å². The first kappa shape index (κ1) is 24.0. The second kappa shape index (κ2) is 11.3. The second-order valence-corrected chi connectivity index (χ2v) is 9.01. The summed E-state index contributed by atoms with van der Waals surface area (Å²) in [6.07, 6.45) is 4.12. The van der Waals surface area contributed by atoms with Crippen molar-refractivity contribution in [1.29, 1.82) is 0 Å². The van der Waals surface area contributed by atoms with Crippen molar-refractivity contribution >= 4 is 32.4 Å². The maximum absolute atomic E-state index is 5.56. The van der Waals surface area contributed by atoms with Gasteiger partial charge in [0.2, 0.25) is 0 Å². The standard InChI is InChI=1S/C25H32N6O2S/c1-5-11-26-12-13-30-16-19(28-29-30)17-31(20-8-10-22(32-3)23(15-20)33-4)25-27-21-9-7-18(6-2)14-24(21)34-25/h7-10,14-16,26H,5-6,11-13,17H2,1-4H3. The maximum atomic E-state index is 5.56. The summed E-state index contributed by atoms with van der Waals surface area (Å²) in [5.41, 5.74) is 4.12. The molecular weight excluding hydrogens is 448 g/mol. The van der Waals surface area contributed by atoms with E-state index >= 15 is 0 Å². The van der Waals surface area contributed by atoms with Crippen LogP contribution in [0.2, 0.25) is 0 Å². The lowest BCUT2D eigenvalue weighted by atomic mass is 10.2. The molecule has 34 heavy (non-hydrogen) atoms. The van der Waals surface area contributed by atoms with Crippen LogP contribution < -0.4 is 19.7 Å². The van der Waals surface area contributed by atoms with Crippen LogP contribution in [0.4, 0.5) is 10.8 Å². The average Bonchev–Trinajstić information content (AvgIpc) is 3.50. The number of benzene rings is 2. The minimum atomic E-state index is 0.540. The zero-order valence-corrected chi connectivity index (χ0v) is 21.1. The number of aryl methyl sites for hydroxylation is 1. The molecule has 0 saturated heterocycles. The van der Waals surface area contributed by atoms with Crippen molar-refractivity contribution in [3.8, 4) is 11.5 Å². The lowest BCUT2D eigenvalue weighted by Crippen LogP contribution is -2.20. The van der Waals surface area contributed by atoms with Gasteiger partial charge in [0.05, 0.1) is 43.7 Å². The van der Waals surface area contributed by atoms with Gasteiger partial charge in [-0.3, -0.25) is 4.68 Å². The molecule has 4 aromatic rings. The molecule has 0 aliphatic heterocycles. The first-order chi connectivity index (χ1) is 16.6. The van der Waals surface area contributed by atoms with Crippen LogP contribution in [-0.2, 0) is 19.5 Å². The monoisotopic (exact) mass is 480 g/mol. The zero-order valence-electron chi connectivity index (χ0n) is 20.2. The number of thiazole rings is 1. The van der Waals surface area contributed by atoms with Gasteiger partial charge in [0.1, 0.15) is 5.69 Å². The van der Waals surface area contributed by atoms with Gasteiger partial charge in [-0.2, -0.15) is 0 Å². The Labute approximate surface area is 204 Å². The van der Waals surface area contributed by atoms with Crippen molar-refractivity contribution in [2.24, 2.45) is 0 Å². The minimum Gasteiger partial charge on any atom is -0.493 e. The number of anilines is 2. The molecule has 2 heterocycles. The Morgan fingerprint density at radius 2 is 1.88 bits per heavy atom. The van der Waals surface area contributed by atoms with E-state index in [1.54, 1.807) is 25.6 Å². The Bertz CT molecular complexity index is 1220. The van der Waals surface area contributed by atoms with E-state index in [9.17, 15) is 0 Å². The number of nitrogens with zero attached hydrogens (tertiary/aromatic N) is 5. The van der Waals surface area contributed by atoms with Crippen LogP contribution in [0.1, 0.15) is 31.5 Å². The summed E-state index contributed by atoms with van der Waals surface area (Å²) in [5.74, 6) is 1.36. The highest BCUT2D eigenvalue weighted by Gasteiger charge is 2.19. The van der Waals surface area contributed by atoms with Crippen LogP contribution in [0.3, 0.4) is 0 Å². The predicted octanol–water partition coefficient (Wildman–Crippen LogP) is 4.81. The van der Waals surface area contributed by atoms with Crippen LogP contribution in [0.15, 0.2) is 42.6 Å². The fraction of sp³-hybridized carbons (Fsp3) is 0.400. The van der Waals surface area contributed by atoms with E-state index in [-0.39, 0.29) is 0 Å². The summed E-state index contributed by atoms with van der Waals surface area (Å²) in [7, 11) is 3.29. The second-order valence-electron chi connectivity index (χ2n) is 8.00. The van der Waals surface area contributed by atoms with Gasteiger partial charge in [-0.25, -0.2) is 4.98 Å². The molecule has 0 saturated carbocycles. The highest BCUT2D eigenvalue weighted by molar-refractivity contribution is 7.22. The molecule has 4 rings (SSSR count). The molecule has 180 valence electrons. The summed E-state index contributed by atoms with van der Waals surface area (Å²) >= 11 is 1.68. The van der Waals surface area contributed by atoms with Gasteiger partial charge in [0, 0.05) is 18.3 Å². The minimum absolute atomic E-state index is 0.540. The first-order valence-electron chi connectivity index (χ1n) is 11.6. The van der Waals surface area contributed by atoms with Crippen molar-refractivity contribution in [3.05, 3.63) is 53.9 Å². The van der Waals surface area contributed by atoms with Gasteiger partial charge in [0.25, 0.3) is 0 Å². The molecule has 0 amide bonds. The molecule has 0 fully saturated rings. The lowest BCUT2D eigenvalue weighted by molar-refractivity contribution is 0.355. The molecular formula is C25H32N6O2S. The number of nitrogens with one attached hydrogen (secondary N) is 1. The van der Waals surface area contributed by atoms with E-state index < -0.39 is 0 Å². The van der Waals surface area contributed by atoms with Crippen molar-refractivity contribution in [2.45, 2.75) is 39.8 Å². The van der Waals surface area contributed by atoms with Gasteiger partial charge in [-0.05, 0) is 49.2 Å². The number of hydrogen-bond donors (Lipinski definition) is 1. The Morgan fingerprint density at radius 1 is 1.03 bits per heavy atom. The third-order valence-corrected chi connectivity index (χ3v) is 6.65. The Morgan fingerprint density at radius 3 is 2.65 bits per heavy atom. The van der Waals surface area contributed by atoms with E-state index in [4.69, 9.17) is 14.5 Å². The number of aromatic nitrogens is 4. The summed E-state index contributed by atoms with van der Waals surface area (Å²) in [5, 5.41) is 13.0. The maximum Gasteiger partial charge on any atom is 0.191 e. The topological polar surface area (TPSA) is 77.3 Å². The third-order valence-electron chi connectivity index (χ3n) is 5.61. The summed E-state index contributed by atoms with van der Waals surface area (Å²) in [4.78, 5) is 7.10. The molecule has 0 aliphatic carbocycles. The zero-order chi connectivity index (χ0) is 23.9. The normalized spacial score (nSPS) is 11.2. The van der Waals surface area contributed by atoms with Crippen LogP contribution in [-0.4, -0.2) is 47.3 Å². The summed E-state index contributed by atoms with van der Waals surface area (Å²) in [6, 6.07) is 12.4. The Balaban J connectivity index is 1.66. The third kappa shape index (κ3) is 5.48. The van der Waals surface area contributed by atoms with Gasteiger partial charge in [-0.15, -0.1) is 5.10 Å². The number of methoxy groups -OCH3 is 2. The molecule has 1 N–H and O–H groups in total. The van der Waals surface area contributed by atoms with E-state index in [0.29, 0.717) is 18.0 Å². The quantitative estimate of drug-likeness (QED) is 0.292. The van der Waals surface area contributed by atoms with Crippen molar-refractivity contribution in [2.75, 3.05) is 32.2 Å². The van der Waals surface area contributed by atoms with Crippen molar-refractivity contribution in [1.82, 2.24) is 25.3 Å². The summed E-state index contributed by atoms with van der Waals surface area (Å²) < 4.78 is 14.1. The number of fused-ring (bicyclic) bond motifs is 1. The highest BCUT2D eigenvalue weighted by Crippen LogP contribution is 2.38. The molecule has 9 heteroatoms. The number of rotatable bonds is 12. The van der Waals surface area contributed by atoms with Gasteiger partial charge >= 0.3 is 0 Å². The van der Waals surface area contributed by atoms with Crippen LogP contribution >= 0.6 is 11.3 Å². The van der Waals surface area contributed by atoms with Crippen LogP contribution in [0.25, 0.3) is 10.2 Å². The number of hydrogen-bond acceptors (Lipinski definition) is 8. The van der Waals surface area contributed by atoms with Crippen molar-refractivity contribution in [3.63, 3.8) is 0 Å². The molecule has 0 spiro atoms. The van der Waals surface area contributed by atoms with Crippen molar-refractivity contribution < 1.29 is 9.47 Å².